The van der Waals surface area contributed by atoms with Crippen molar-refractivity contribution < 1.29 is 14.4 Å². The molecule has 1 atom stereocenters. The Hall–Kier alpha value is -4.03. The summed E-state index contributed by atoms with van der Waals surface area (Å²) in [5.41, 5.74) is 3.25. The zero-order valence-corrected chi connectivity index (χ0v) is 26.2. The molecule has 3 aromatic rings. The molecule has 238 valence electrons. The van der Waals surface area contributed by atoms with Gasteiger partial charge in [0.25, 0.3) is 0 Å². The van der Waals surface area contributed by atoms with E-state index in [4.69, 9.17) is 0 Å². The molecule has 6 heterocycles. The molecule has 0 aliphatic carbocycles. The zero-order chi connectivity index (χ0) is 31.1. The van der Waals surface area contributed by atoms with Gasteiger partial charge in [-0.1, -0.05) is 12.1 Å². The first-order valence-corrected chi connectivity index (χ1v) is 16.3. The van der Waals surface area contributed by atoms with Crippen LogP contribution in [0, 0.1) is 6.92 Å². The largest absolute Gasteiger partial charge is 0.338 e. The SMILES string of the molecule is Cc1cc(C[C@@H](NC(=O)N2CCC3(CC2)C(=O)Nc2ncccc23)C(=O)N2CCN(C3CCN(C)CC3)CC2)cc2cn[nH]c12. The van der Waals surface area contributed by atoms with Crippen molar-refractivity contribution in [3.63, 3.8) is 0 Å². The number of anilines is 1. The number of urea groups is 1. The van der Waals surface area contributed by atoms with Crippen molar-refractivity contribution in [2.75, 3.05) is 64.7 Å². The lowest BCUT2D eigenvalue weighted by molar-refractivity contribution is -0.135. The number of hydrogen-bond donors (Lipinski definition) is 3. The minimum Gasteiger partial charge on any atom is -0.338 e. The van der Waals surface area contributed by atoms with Gasteiger partial charge < -0.3 is 25.3 Å². The number of carbonyl (C=O) groups excluding carboxylic acids is 3. The molecule has 4 aliphatic rings. The number of benzene rings is 1. The van der Waals surface area contributed by atoms with Gasteiger partial charge in [0.15, 0.2) is 0 Å². The number of piperazine rings is 1. The molecule has 0 bridgehead atoms. The van der Waals surface area contributed by atoms with Crippen molar-refractivity contribution in [3.05, 3.63) is 53.3 Å². The molecular formula is C33H43N9O3. The predicted octanol–water partition coefficient (Wildman–Crippen LogP) is 2.11. The smallest absolute Gasteiger partial charge is 0.318 e. The number of aryl methyl sites for hydroxylation is 1. The van der Waals surface area contributed by atoms with Crippen LogP contribution in [0.15, 0.2) is 36.7 Å². The quantitative estimate of drug-likeness (QED) is 0.402. The fourth-order valence-electron chi connectivity index (χ4n) is 7.82. The molecule has 3 fully saturated rings. The average Bonchev–Trinajstić information content (AvgIpc) is 3.64. The number of aromatic amines is 1. The summed E-state index contributed by atoms with van der Waals surface area (Å²) in [6.07, 6.45) is 7.22. The number of H-pyrrole nitrogens is 1. The highest BCUT2D eigenvalue weighted by Gasteiger charge is 2.49. The van der Waals surface area contributed by atoms with E-state index in [-0.39, 0.29) is 17.8 Å². The van der Waals surface area contributed by atoms with Gasteiger partial charge in [0, 0.05) is 68.9 Å². The van der Waals surface area contributed by atoms with E-state index in [2.05, 4.69) is 48.7 Å². The molecule has 3 saturated heterocycles. The van der Waals surface area contributed by atoms with Gasteiger partial charge in [0.2, 0.25) is 11.8 Å². The van der Waals surface area contributed by atoms with Gasteiger partial charge in [-0.25, -0.2) is 9.78 Å². The van der Waals surface area contributed by atoms with Gasteiger partial charge in [-0.3, -0.25) is 19.6 Å². The number of pyridine rings is 1. The minimum absolute atomic E-state index is 0.0417. The van der Waals surface area contributed by atoms with Gasteiger partial charge in [0.1, 0.15) is 11.9 Å². The van der Waals surface area contributed by atoms with Crippen LogP contribution >= 0.6 is 0 Å². The summed E-state index contributed by atoms with van der Waals surface area (Å²) in [5, 5.41) is 14.3. The van der Waals surface area contributed by atoms with Gasteiger partial charge in [-0.15, -0.1) is 0 Å². The zero-order valence-electron chi connectivity index (χ0n) is 26.2. The third-order valence-corrected chi connectivity index (χ3v) is 10.6. The van der Waals surface area contributed by atoms with E-state index in [1.165, 1.54) is 12.8 Å². The summed E-state index contributed by atoms with van der Waals surface area (Å²) in [5.74, 6) is 0.528. The summed E-state index contributed by atoms with van der Waals surface area (Å²) in [6.45, 7) is 8.12. The number of nitrogens with zero attached hydrogens (tertiary/aromatic N) is 6. The monoisotopic (exact) mass is 613 g/mol. The molecule has 4 amide bonds. The lowest BCUT2D eigenvalue weighted by Gasteiger charge is -2.43. The third-order valence-electron chi connectivity index (χ3n) is 10.6. The second-order valence-corrected chi connectivity index (χ2v) is 13.3. The first kappa shape index (κ1) is 29.7. The molecule has 0 saturated carbocycles. The minimum atomic E-state index is -0.702. The Morgan fingerprint density at radius 1 is 1.04 bits per heavy atom. The van der Waals surface area contributed by atoms with E-state index < -0.39 is 11.5 Å². The molecule has 0 radical (unpaired) electrons. The molecule has 2 aromatic heterocycles. The standard InChI is InChI=1S/C33H43N9O3/c1-22-18-23(19-24-21-35-38-28(22)24)20-27(30(43)41-16-14-40(15-17-41)25-5-10-39(2)11-6-25)36-32(45)42-12-7-33(8-13-42)26-4-3-9-34-29(26)37-31(33)44/h3-4,9,18-19,21,25,27H,5-8,10-17,20H2,1-2H3,(H,35,38)(H,36,45)(H,34,37,44)/t27-/m1/s1. The van der Waals surface area contributed by atoms with Crippen molar-refractivity contribution in [3.8, 4) is 0 Å². The van der Waals surface area contributed by atoms with Crippen molar-refractivity contribution in [2.45, 2.75) is 56.5 Å². The van der Waals surface area contributed by atoms with Crippen LogP contribution in [0.3, 0.4) is 0 Å². The van der Waals surface area contributed by atoms with Crippen LogP contribution in [0.5, 0.6) is 0 Å². The Labute approximate surface area is 263 Å². The molecule has 4 aliphatic heterocycles. The van der Waals surface area contributed by atoms with E-state index in [9.17, 15) is 14.4 Å². The van der Waals surface area contributed by atoms with Crippen LogP contribution in [0.25, 0.3) is 10.9 Å². The number of piperidine rings is 2. The Morgan fingerprint density at radius 2 is 1.80 bits per heavy atom. The van der Waals surface area contributed by atoms with Gasteiger partial charge in [-0.05, 0) is 76.0 Å². The molecule has 0 unspecified atom stereocenters. The molecule has 1 aromatic carbocycles. The van der Waals surface area contributed by atoms with Crippen LogP contribution in [0.2, 0.25) is 0 Å². The topological polar surface area (TPSA) is 130 Å². The second-order valence-electron chi connectivity index (χ2n) is 13.3. The number of nitrogens with one attached hydrogen (secondary N) is 3. The molecule has 1 spiro atoms. The maximum absolute atomic E-state index is 14.1. The molecule has 7 rings (SSSR count). The van der Waals surface area contributed by atoms with E-state index in [1.807, 2.05) is 30.0 Å². The maximum atomic E-state index is 14.1. The lowest BCUT2D eigenvalue weighted by atomic mass is 9.74. The number of fused-ring (bicyclic) bond motifs is 3. The molecule has 12 nitrogen and oxygen atoms in total. The van der Waals surface area contributed by atoms with Crippen LogP contribution in [0.4, 0.5) is 10.6 Å². The summed E-state index contributed by atoms with van der Waals surface area (Å²) >= 11 is 0. The fourth-order valence-corrected chi connectivity index (χ4v) is 7.82. The van der Waals surface area contributed by atoms with Crippen LogP contribution in [-0.4, -0.2) is 124 Å². The van der Waals surface area contributed by atoms with Crippen molar-refractivity contribution in [1.82, 2.24) is 40.1 Å². The van der Waals surface area contributed by atoms with Crippen LogP contribution in [0.1, 0.15) is 42.4 Å². The first-order chi connectivity index (χ1) is 21.8. The molecule has 3 N–H and O–H groups in total. The number of aromatic nitrogens is 3. The van der Waals surface area contributed by atoms with Crippen molar-refractivity contribution in [1.29, 1.82) is 0 Å². The van der Waals surface area contributed by atoms with Crippen LogP contribution in [-0.2, 0) is 21.4 Å². The number of carbonyl (C=O) groups is 3. The second kappa shape index (κ2) is 12.1. The Balaban J connectivity index is 1.05. The number of amides is 4. The fraction of sp³-hybridized carbons (Fsp3) is 0.545. The van der Waals surface area contributed by atoms with Gasteiger partial charge in [-0.2, -0.15) is 5.10 Å². The molecule has 45 heavy (non-hydrogen) atoms. The van der Waals surface area contributed by atoms with E-state index >= 15 is 0 Å². The predicted molar refractivity (Wildman–Crippen MR) is 171 cm³/mol. The highest BCUT2D eigenvalue weighted by atomic mass is 16.2. The summed E-state index contributed by atoms with van der Waals surface area (Å²) in [4.78, 5) is 53.8. The summed E-state index contributed by atoms with van der Waals surface area (Å²) in [6, 6.07) is 7.53. The van der Waals surface area contributed by atoms with E-state index in [0.717, 1.165) is 53.8 Å². The maximum Gasteiger partial charge on any atom is 0.318 e. The van der Waals surface area contributed by atoms with E-state index in [0.29, 0.717) is 57.3 Å². The average molecular weight is 614 g/mol. The lowest BCUT2D eigenvalue weighted by Crippen LogP contribution is -2.59. The highest BCUT2D eigenvalue weighted by Crippen LogP contribution is 2.43. The number of rotatable bonds is 5. The Bertz CT molecular complexity index is 1580. The molecular weight excluding hydrogens is 570 g/mol. The molecule has 12 heteroatoms. The number of hydrogen-bond acceptors (Lipinski definition) is 7. The summed E-state index contributed by atoms with van der Waals surface area (Å²) in [7, 11) is 2.18. The first-order valence-electron chi connectivity index (χ1n) is 16.3. The Kier molecular flexibility index (Phi) is 7.95. The Morgan fingerprint density at radius 3 is 2.56 bits per heavy atom. The van der Waals surface area contributed by atoms with Crippen molar-refractivity contribution in [2.24, 2.45) is 0 Å². The van der Waals surface area contributed by atoms with E-state index in [1.54, 1.807) is 17.3 Å². The van der Waals surface area contributed by atoms with Crippen LogP contribution < -0.4 is 10.6 Å². The highest BCUT2D eigenvalue weighted by molar-refractivity contribution is 6.05. The summed E-state index contributed by atoms with van der Waals surface area (Å²) < 4.78 is 0. The normalized spacial score (nSPS) is 21.6. The number of likely N-dealkylation sites (tertiary alicyclic amines) is 2. The van der Waals surface area contributed by atoms with Gasteiger partial charge >= 0.3 is 6.03 Å². The van der Waals surface area contributed by atoms with Crippen molar-refractivity contribution >= 4 is 34.6 Å². The van der Waals surface area contributed by atoms with Gasteiger partial charge in [0.05, 0.1) is 17.1 Å². The third kappa shape index (κ3) is 5.65.